The lowest BCUT2D eigenvalue weighted by molar-refractivity contribution is 0.821. The van der Waals surface area contributed by atoms with E-state index in [1.54, 1.807) is 6.20 Å². The summed E-state index contributed by atoms with van der Waals surface area (Å²) in [5.41, 5.74) is 1.89. The van der Waals surface area contributed by atoms with E-state index < -0.39 is 4.45 Å². The van der Waals surface area contributed by atoms with Crippen LogP contribution in [-0.4, -0.2) is 29.2 Å². The van der Waals surface area contributed by atoms with Crippen LogP contribution >= 0.6 is 15.9 Å². The highest BCUT2D eigenvalue weighted by Crippen LogP contribution is 2.27. The molecule has 3 N–H and O–H groups in total. The van der Waals surface area contributed by atoms with Crippen molar-refractivity contribution in [1.82, 2.24) is 16.0 Å². The Morgan fingerprint density at radius 3 is 3.24 bits per heavy atom. The van der Waals surface area contributed by atoms with Crippen LogP contribution in [0.1, 0.15) is 0 Å². The Morgan fingerprint density at radius 2 is 2.41 bits per heavy atom. The van der Waals surface area contributed by atoms with Crippen molar-refractivity contribution in [2.45, 2.75) is 4.45 Å². The summed E-state index contributed by atoms with van der Waals surface area (Å²) < 4.78 is -0.509. The largest absolute Gasteiger partial charge is 0.359 e. The van der Waals surface area contributed by atoms with Gasteiger partial charge in [0.1, 0.15) is 5.71 Å². The molecule has 3 aliphatic rings. The number of halogens is 1. The van der Waals surface area contributed by atoms with Crippen LogP contribution in [0.15, 0.2) is 46.3 Å². The molecule has 0 fully saturated rings. The second-order valence-electron chi connectivity index (χ2n) is 3.87. The van der Waals surface area contributed by atoms with Crippen LogP contribution in [0.4, 0.5) is 0 Å². The van der Waals surface area contributed by atoms with E-state index in [1.807, 2.05) is 24.4 Å². The third-order valence-electron chi connectivity index (χ3n) is 2.68. The number of allylic oxidation sites excluding steroid dienone is 2. The highest BCUT2D eigenvalue weighted by atomic mass is 79.9. The van der Waals surface area contributed by atoms with E-state index in [-0.39, 0.29) is 0 Å². The molecule has 0 spiro atoms. The maximum atomic E-state index is 4.41. The van der Waals surface area contributed by atoms with Crippen LogP contribution in [-0.2, 0) is 0 Å². The molecule has 0 saturated heterocycles. The summed E-state index contributed by atoms with van der Waals surface area (Å²) >= 11 is 3.68. The van der Waals surface area contributed by atoms with Crippen molar-refractivity contribution in [1.29, 1.82) is 0 Å². The Hall–Kier alpha value is -1.56. The van der Waals surface area contributed by atoms with Gasteiger partial charge in [0.15, 0.2) is 10.4 Å². The average Bonchev–Trinajstić information content (AvgIpc) is 2.82. The molecule has 2 aliphatic heterocycles. The summed E-state index contributed by atoms with van der Waals surface area (Å²) in [6.07, 6.45) is 9.55. The Bertz CT molecular complexity index is 488. The molecule has 1 unspecified atom stereocenters. The quantitative estimate of drug-likeness (QED) is 0.490. The summed E-state index contributed by atoms with van der Waals surface area (Å²) in [7, 11) is 0. The van der Waals surface area contributed by atoms with E-state index in [9.17, 15) is 0 Å². The smallest absolute Gasteiger partial charge is 0.193 e. The number of guanidine groups is 1. The molecular weight excluding hydrogens is 282 g/mol. The van der Waals surface area contributed by atoms with E-state index in [4.69, 9.17) is 0 Å². The highest BCUT2D eigenvalue weighted by Gasteiger charge is 2.36. The number of nitrogens with zero attached hydrogens (tertiary/aromatic N) is 2. The Labute approximate surface area is 108 Å². The second-order valence-corrected chi connectivity index (χ2v) is 5.12. The molecule has 0 aromatic carbocycles. The zero-order valence-corrected chi connectivity index (χ0v) is 10.7. The van der Waals surface area contributed by atoms with Crippen molar-refractivity contribution in [3.05, 3.63) is 36.3 Å². The zero-order valence-electron chi connectivity index (χ0n) is 9.07. The molecule has 2 heterocycles. The minimum atomic E-state index is -0.509. The summed E-state index contributed by atoms with van der Waals surface area (Å²) in [5, 5.41) is 9.67. The summed E-state index contributed by atoms with van der Waals surface area (Å²) in [6, 6.07) is 0. The Morgan fingerprint density at radius 1 is 1.47 bits per heavy atom. The van der Waals surface area contributed by atoms with Gasteiger partial charge in [0.25, 0.3) is 0 Å². The molecule has 1 atom stereocenters. The third-order valence-corrected chi connectivity index (χ3v) is 3.52. The summed E-state index contributed by atoms with van der Waals surface area (Å²) in [4.78, 5) is 8.74. The number of hydrogen-bond donors (Lipinski definition) is 3. The second kappa shape index (κ2) is 4.03. The van der Waals surface area contributed by atoms with E-state index in [2.05, 4.69) is 41.9 Å². The predicted molar refractivity (Wildman–Crippen MR) is 72.0 cm³/mol. The zero-order chi connectivity index (χ0) is 11.7. The van der Waals surface area contributed by atoms with Gasteiger partial charge in [0.05, 0.1) is 12.2 Å². The van der Waals surface area contributed by atoms with Gasteiger partial charge >= 0.3 is 0 Å². The highest BCUT2D eigenvalue weighted by molar-refractivity contribution is 9.10. The SMILES string of the molecule is BrC1(NC2=NCCN2)C=CC=C2NC=CN=C21. The van der Waals surface area contributed by atoms with Gasteiger partial charge in [-0.15, -0.1) is 0 Å². The summed E-state index contributed by atoms with van der Waals surface area (Å²) in [5.74, 6) is 0.796. The van der Waals surface area contributed by atoms with E-state index in [0.717, 1.165) is 30.5 Å². The van der Waals surface area contributed by atoms with E-state index in [0.29, 0.717) is 0 Å². The lowest BCUT2D eigenvalue weighted by atomic mass is 10.0. The van der Waals surface area contributed by atoms with Crippen LogP contribution in [0.25, 0.3) is 0 Å². The number of fused-ring (bicyclic) bond motifs is 1. The van der Waals surface area contributed by atoms with Crippen LogP contribution in [0.3, 0.4) is 0 Å². The van der Waals surface area contributed by atoms with Gasteiger partial charge in [-0.05, 0) is 28.1 Å². The molecule has 17 heavy (non-hydrogen) atoms. The lowest BCUT2D eigenvalue weighted by Gasteiger charge is -2.32. The van der Waals surface area contributed by atoms with Crippen molar-refractivity contribution in [3.63, 3.8) is 0 Å². The first-order valence-corrected chi connectivity index (χ1v) is 6.22. The first kappa shape index (κ1) is 10.6. The van der Waals surface area contributed by atoms with E-state index >= 15 is 0 Å². The Balaban J connectivity index is 1.90. The standard InChI is InChI=1S/C11H12BrN5/c12-11(17-10-15-6-7-16-10)3-1-2-8-9(11)14-5-4-13-8/h1-5,13H,6-7H2,(H2,15,16,17). The minimum absolute atomic E-state index is 0.509. The number of hydrogen-bond acceptors (Lipinski definition) is 5. The van der Waals surface area contributed by atoms with Crippen molar-refractivity contribution < 1.29 is 0 Å². The fraction of sp³-hybridized carbons (Fsp3) is 0.273. The number of aliphatic imine (C=N–C) groups is 2. The first-order valence-electron chi connectivity index (χ1n) is 5.43. The minimum Gasteiger partial charge on any atom is -0.359 e. The Kier molecular flexibility index (Phi) is 2.51. The van der Waals surface area contributed by atoms with Gasteiger partial charge in [0.2, 0.25) is 0 Å². The number of rotatable bonds is 1. The molecule has 88 valence electrons. The molecule has 0 amide bonds. The molecule has 0 bridgehead atoms. The molecule has 5 nitrogen and oxygen atoms in total. The molecule has 0 saturated carbocycles. The van der Waals surface area contributed by atoms with Gasteiger partial charge in [0, 0.05) is 18.9 Å². The van der Waals surface area contributed by atoms with Crippen LogP contribution in [0, 0.1) is 0 Å². The number of alkyl halides is 1. The van der Waals surface area contributed by atoms with Gasteiger partial charge in [-0.3, -0.25) is 9.98 Å². The van der Waals surface area contributed by atoms with Crippen molar-refractivity contribution in [2.75, 3.05) is 13.1 Å². The first-order chi connectivity index (χ1) is 8.28. The summed E-state index contributed by atoms with van der Waals surface area (Å²) in [6.45, 7) is 1.69. The fourth-order valence-electron chi connectivity index (χ4n) is 1.90. The van der Waals surface area contributed by atoms with Crippen LogP contribution in [0.2, 0.25) is 0 Å². The van der Waals surface area contributed by atoms with Gasteiger partial charge < -0.3 is 16.0 Å². The maximum absolute atomic E-state index is 4.41. The van der Waals surface area contributed by atoms with Gasteiger partial charge in [-0.2, -0.15) is 0 Å². The monoisotopic (exact) mass is 293 g/mol. The van der Waals surface area contributed by atoms with Crippen molar-refractivity contribution in [3.8, 4) is 0 Å². The molecule has 0 aromatic rings. The topological polar surface area (TPSA) is 60.8 Å². The maximum Gasteiger partial charge on any atom is 0.193 e. The van der Waals surface area contributed by atoms with Crippen molar-refractivity contribution >= 4 is 27.6 Å². The molecule has 3 rings (SSSR count). The van der Waals surface area contributed by atoms with Gasteiger partial charge in [-0.25, -0.2) is 0 Å². The average molecular weight is 294 g/mol. The molecule has 1 aliphatic carbocycles. The van der Waals surface area contributed by atoms with Crippen molar-refractivity contribution in [2.24, 2.45) is 9.98 Å². The van der Waals surface area contributed by atoms with Crippen LogP contribution in [0.5, 0.6) is 0 Å². The molecule has 0 aromatic heterocycles. The lowest BCUT2D eigenvalue weighted by Crippen LogP contribution is -2.54. The third kappa shape index (κ3) is 1.88. The van der Waals surface area contributed by atoms with Crippen LogP contribution < -0.4 is 16.0 Å². The predicted octanol–water partition coefficient (Wildman–Crippen LogP) is 0.596. The molecular formula is C11H12BrN5. The normalized spacial score (nSPS) is 29.6. The van der Waals surface area contributed by atoms with Gasteiger partial charge in [-0.1, -0.05) is 6.08 Å². The molecule has 6 heteroatoms. The fourth-order valence-corrected chi connectivity index (χ4v) is 2.56. The molecule has 0 radical (unpaired) electrons. The number of nitrogens with one attached hydrogen (secondary N) is 3. The van der Waals surface area contributed by atoms with E-state index in [1.165, 1.54) is 0 Å².